The number of esters is 1. The van der Waals surface area contributed by atoms with Crippen LogP contribution in [-0.2, 0) is 19.6 Å². The van der Waals surface area contributed by atoms with Gasteiger partial charge in [0.2, 0.25) is 5.91 Å². The van der Waals surface area contributed by atoms with Crippen molar-refractivity contribution in [3.8, 4) is 0 Å². The predicted molar refractivity (Wildman–Crippen MR) is 111 cm³/mol. The molecular formula is C21H21N3O5S. The summed E-state index contributed by atoms with van der Waals surface area (Å²) in [4.78, 5) is 26.4. The molecule has 30 heavy (non-hydrogen) atoms. The number of ether oxygens (including phenoxy) is 1. The molecule has 2 aliphatic heterocycles. The number of rotatable bonds is 3. The molecule has 1 amide bonds. The number of amides is 1. The Morgan fingerprint density at radius 2 is 1.87 bits per heavy atom. The first kappa shape index (κ1) is 20.1. The summed E-state index contributed by atoms with van der Waals surface area (Å²) in [5, 5.41) is 2.87. The Balaban J connectivity index is 1.47. The molecule has 0 radical (unpaired) electrons. The van der Waals surface area contributed by atoms with Crippen LogP contribution in [0.15, 0.2) is 57.8 Å². The van der Waals surface area contributed by atoms with Gasteiger partial charge in [0, 0.05) is 24.3 Å². The molecule has 1 fully saturated rings. The number of fused-ring (bicyclic) bond motifs is 1. The number of likely N-dealkylation sites (tertiary alicyclic amines) is 1. The summed E-state index contributed by atoms with van der Waals surface area (Å²) >= 11 is 0. The quantitative estimate of drug-likeness (QED) is 0.754. The highest BCUT2D eigenvalue weighted by Crippen LogP contribution is 2.30. The maximum absolute atomic E-state index is 12.8. The topological polar surface area (TPSA) is 105 Å². The Morgan fingerprint density at radius 3 is 2.60 bits per heavy atom. The summed E-state index contributed by atoms with van der Waals surface area (Å²) in [6.07, 6.45) is 1.45. The van der Waals surface area contributed by atoms with Gasteiger partial charge in [-0.3, -0.25) is 4.79 Å². The third-order valence-corrected chi connectivity index (χ3v) is 6.60. The minimum Gasteiger partial charge on any atom is -0.465 e. The van der Waals surface area contributed by atoms with Gasteiger partial charge < -0.3 is 15.0 Å². The van der Waals surface area contributed by atoms with E-state index in [0.717, 1.165) is 6.42 Å². The average Bonchev–Trinajstić information content (AvgIpc) is 3.05. The maximum Gasteiger partial charge on any atom is 0.337 e. The Kier molecular flexibility index (Phi) is 5.29. The molecule has 2 aliphatic rings. The zero-order valence-electron chi connectivity index (χ0n) is 16.4. The number of piperidine rings is 1. The van der Waals surface area contributed by atoms with Crippen molar-refractivity contribution in [2.24, 2.45) is 10.3 Å². The van der Waals surface area contributed by atoms with Crippen LogP contribution in [0.2, 0.25) is 0 Å². The number of nitrogens with zero attached hydrogens (tertiary/aromatic N) is 2. The van der Waals surface area contributed by atoms with Crippen LogP contribution in [0.5, 0.6) is 0 Å². The summed E-state index contributed by atoms with van der Waals surface area (Å²) in [7, 11) is -2.39. The monoisotopic (exact) mass is 427 g/mol. The Bertz CT molecular complexity index is 1130. The molecule has 0 aliphatic carbocycles. The summed E-state index contributed by atoms with van der Waals surface area (Å²) in [5.74, 6) is -0.494. The van der Waals surface area contributed by atoms with Gasteiger partial charge in [-0.25, -0.2) is 4.79 Å². The van der Waals surface area contributed by atoms with Crippen LogP contribution in [0.1, 0.15) is 28.8 Å². The maximum atomic E-state index is 12.8. The minimum absolute atomic E-state index is 0.153. The second kappa shape index (κ2) is 7.91. The van der Waals surface area contributed by atoms with E-state index in [1.165, 1.54) is 7.11 Å². The molecule has 2 heterocycles. The van der Waals surface area contributed by atoms with Crippen LogP contribution in [0, 0.1) is 5.92 Å². The predicted octanol–water partition coefficient (Wildman–Crippen LogP) is 2.27. The number of sulfonamides is 1. The number of anilines is 1. The van der Waals surface area contributed by atoms with Crippen LogP contribution in [0.4, 0.5) is 5.69 Å². The van der Waals surface area contributed by atoms with E-state index in [2.05, 4.69) is 14.5 Å². The van der Waals surface area contributed by atoms with E-state index in [-0.39, 0.29) is 16.7 Å². The van der Waals surface area contributed by atoms with Gasteiger partial charge in [-0.15, -0.1) is 4.40 Å². The minimum atomic E-state index is -3.70. The lowest BCUT2D eigenvalue weighted by Gasteiger charge is -2.33. The fourth-order valence-corrected chi connectivity index (χ4v) is 4.98. The summed E-state index contributed by atoms with van der Waals surface area (Å²) in [6.45, 7) is 1.02. The van der Waals surface area contributed by atoms with Gasteiger partial charge in [-0.1, -0.05) is 12.1 Å². The van der Waals surface area contributed by atoms with Gasteiger partial charge in [0.05, 0.1) is 18.6 Å². The van der Waals surface area contributed by atoms with E-state index in [1.54, 1.807) is 48.5 Å². The Hall–Kier alpha value is -3.20. The SMILES string of the molecule is COC(=O)c1ccc(NC(=O)C2CCCN(C3=NS(=O)(=O)c4ccccc43)C2)cc1. The van der Waals surface area contributed by atoms with Crippen molar-refractivity contribution in [2.45, 2.75) is 17.7 Å². The molecule has 9 heteroatoms. The van der Waals surface area contributed by atoms with Crippen LogP contribution in [0.25, 0.3) is 0 Å². The smallest absolute Gasteiger partial charge is 0.337 e. The molecule has 0 aromatic heterocycles. The van der Waals surface area contributed by atoms with Gasteiger partial charge in [0.1, 0.15) is 4.90 Å². The number of carbonyl (C=O) groups is 2. The van der Waals surface area contributed by atoms with Crippen LogP contribution in [0.3, 0.4) is 0 Å². The number of amidine groups is 1. The second-order valence-electron chi connectivity index (χ2n) is 7.23. The zero-order valence-corrected chi connectivity index (χ0v) is 17.2. The Labute approximate surface area is 174 Å². The van der Waals surface area contributed by atoms with Crippen LogP contribution < -0.4 is 5.32 Å². The van der Waals surface area contributed by atoms with Crippen molar-refractivity contribution >= 4 is 33.4 Å². The van der Waals surface area contributed by atoms with Crippen molar-refractivity contribution in [1.29, 1.82) is 0 Å². The van der Waals surface area contributed by atoms with Crippen molar-refractivity contribution < 1.29 is 22.7 Å². The Morgan fingerprint density at radius 1 is 1.13 bits per heavy atom. The number of nitrogens with one attached hydrogen (secondary N) is 1. The molecule has 156 valence electrons. The highest BCUT2D eigenvalue weighted by molar-refractivity contribution is 7.90. The first-order valence-electron chi connectivity index (χ1n) is 9.57. The first-order valence-corrected chi connectivity index (χ1v) is 11.0. The summed E-state index contributed by atoms with van der Waals surface area (Å²) in [6, 6.07) is 13.2. The van der Waals surface area contributed by atoms with Crippen molar-refractivity contribution in [1.82, 2.24) is 4.90 Å². The standard InChI is InChI=1S/C21H21N3O5S/c1-29-21(26)14-8-10-16(11-9-14)22-20(25)15-5-4-12-24(13-15)19-17-6-2-3-7-18(17)30(27,28)23-19/h2-3,6-11,15H,4-5,12-13H2,1H3,(H,22,25). The number of carbonyl (C=O) groups excluding carboxylic acids is 2. The largest absolute Gasteiger partial charge is 0.465 e. The molecule has 2 aromatic carbocycles. The van der Waals surface area contributed by atoms with E-state index in [0.29, 0.717) is 42.2 Å². The molecule has 0 saturated carbocycles. The van der Waals surface area contributed by atoms with E-state index >= 15 is 0 Å². The van der Waals surface area contributed by atoms with E-state index in [9.17, 15) is 18.0 Å². The number of hydrogen-bond acceptors (Lipinski definition) is 6. The average molecular weight is 427 g/mol. The van der Waals surface area contributed by atoms with E-state index in [1.807, 2.05) is 4.90 Å². The lowest BCUT2D eigenvalue weighted by atomic mass is 9.96. The van der Waals surface area contributed by atoms with E-state index in [4.69, 9.17) is 0 Å². The highest BCUT2D eigenvalue weighted by Gasteiger charge is 2.35. The zero-order chi connectivity index (χ0) is 21.3. The number of methoxy groups -OCH3 is 1. The molecule has 1 unspecified atom stereocenters. The summed E-state index contributed by atoms with van der Waals surface area (Å²) in [5.41, 5.74) is 1.56. The first-order chi connectivity index (χ1) is 14.4. The molecule has 4 rings (SSSR count). The molecule has 1 saturated heterocycles. The van der Waals surface area contributed by atoms with E-state index < -0.39 is 16.0 Å². The molecular weight excluding hydrogens is 406 g/mol. The molecule has 0 bridgehead atoms. The van der Waals surface area contributed by atoms with Gasteiger partial charge in [-0.05, 0) is 49.2 Å². The number of benzene rings is 2. The van der Waals surface area contributed by atoms with Gasteiger partial charge in [0.25, 0.3) is 10.0 Å². The third-order valence-electron chi connectivity index (χ3n) is 5.28. The fraction of sp³-hybridized carbons (Fsp3) is 0.286. The van der Waals surface area contributed by atoms with Gasteiger partial charge in [0.15, 0.2) is 5.84 Å². The third kappa shape index (κ3) is 3.80. The summed E-state index contributed by atoms with van der Waals surface area (Å²) < 4.78 is 33.3. The fourth-order valence-electron chi connectivity index (χ4n) is 3.75. The van der Waals surface area contributed by atoms with Crippen molar-refractivity contribution in [2.75, 3.05) is 25.5 Å². The number of hydrogen-bond donors (Lipinski definition) is 1. The second-order valence-corrected chi connectivity index (χ2v) is 8.80. The highest BCUT2D eigenvalue weighted by atomic mass is 32.2. The van der Waals surface area contributed by atoms with Crippen LogP contribution in [-0.4, -0.2) is 51.2 Å². The van der Waals surface area contributed by atoms with Crippen molar-refractivity contribution in [3.63, 3.8) is 0 Å². The lowest BCUT2D eigenvalue weighted by Crippen LogP contribution is -2.43. The van der Waals surface area contributed by atoms with Gasteiger partial charge >= 0.3 is 5.97 Å². The molecule has 2 aromatic rings. The lowest BCUT2D eigenvalue weighted by molar-refractivity contribution is -0.121. The molecule has 8 nitrogen and oxygen atoms in total. The molecule has 1 atom stereocenters. The molecule has 1 N–H and O–H groups in total. The van der Waals surface area contributed by atoms with Gasteiger partial charge in [-0.2, -0.15) is 8.42 Å². The van der Waals surface area contributed by atoms with Crippen LogP contribution >= 0.6 is 0 Å². The van der Waals surface area contributed by atoms with Crippen molar-refractivity contribution in [3.05, 3.63) is 59.7 Å². The normalized spacial score (nSPS) is 19.6. The molecule has 0 spiro atoms.